The smallest absolute Gasteiger partial charge is 0.248 e. The van der Waals surface area contributed by atoms with Crippen molar-refractivity contribution in [3.63, 3.8) is 0 Å². The van der Waals surface area contributed by atoms with Crippen molar-refractivity contribution in [1.82, 2.24) is 20.3 Å². The maximum atomic E-state index is 13.4. The first-order valence-electron chi connectivity index (χ1n) is 9.39. The molecule has 6 nitrogen and oxygen atoms in total. The van der Waals surface area contributed by atoms with E-state index >= 15 is 0 Å². The van der Waals surface area contributed by atoms with E-state index in [0.717, 1.165) is 11.3 Å². The Labute approximate surface area is 156 Å². The van der Waals surface area contributed by atoms with Crippen molar-refractivity contribution in [2.45, 2.75) is 62.4 Å². The number of aliphatic hydroxyl groups excluding tert-OH is 1. The SMILES string of the molecule is O[C@H]1CO[C@H](Cn2cc(-c3ccccc3)nn2)[C@@H]1NC1CCC(F)(F)CC1. The number of nitrogens with one attached hydrogen (secondary N) is 1. The fourth-order valence-corrected chi connectivity index (χ4v) is 3.85. The van der Waals surface area contributed by atoms with Gasteiger partial charge in [0.05, 0.1) is 37.6 Å². The lowest BCUT2D eigenvalue weighted by atomic mass is 9.91. The lowest BCUT2D eigenvalue weighted by molar-refractivity contribution is -0.0428. The van der Waals surface area contributed by atoms with Crippen molar-refractivity contribution < 1.29 is 18.6 Å². The lowest BCUT2D eigenvalue weighted by Gasteiger charge is -2.33. The van der Waals surface area contributed by atoms with Gasteiger partial charge < -0.3 is 15.2 Å². The van der Waals surface area contributed by atoms with Crippen LogP contribution in [0.5, 0.6) is 0 Å². The van der Waals surface area contributed by atoms with Crippen molar-refractivity contribution in [3.05, 3.63) is 36.5 Å². The number of aliphatic hydroxyl groups is 1. The van der Waals surface area contributed by atoms with Crippen LogP contribution >= 0.6 is 0 Å². The second kappa shape index (κ2) is 7.61. The highest BCUT2D eigenvalue weighted by Gasteiger charge is 2.40. The molecule has 1 aliphatic carbocycles. The minimum absolute atomic E-state index is 0.0240. The zero-order valence-corrected chi connectivity index (χ0v) is 15.0. The lowest BCUT2D eigenvalue weighted by Crippen LogP contribution is -2.51. The van der Waals surface area contributed by atoms with Crippen LogP contribution in [0.4, 0.5) is 8.78 Å². The van der Waals surface area contributed by atoms with Gasteiger partial charge in [-0.1, -0.05) is 35.5 Å². The van der Waals surface area contributed by atoms with Crippen LogP contribution in [0, 0.1) is 0 Å². The average molecular weight is 378 g/mol. The van der Waals surface area contributed by atoms with Gasteiger partial charge in [0.2, 0.25) is 5.92 Å². The van der Waals surface area contributed by atoms with E-state index in [-0.39, 0.29) is 37.6 Å². The molecule has 1 aliphatic heterocycles. The van der Waals surface area contributed by atoms with Gasteiger partial charge in [0.15, 0.2) is 0 Å². The molecule has 1 aromatic heterocycles. The Hall–Kier alpha value is -1.90. The fraction of sp³-hybridized carbons (Fsp3) is 0.579. The fourth-order valence-electron chi connectivity index (χ4n) is 3.85. The monoisotopic (exact) mass is 378 g/mol. The number of halogens is 2. The third kappa shape index (κ3) is 4.34. The Morgan fingerprint density at radius 3 is 2.70 bits per heavy atom. The van der Waals surface area contributed by atoms with Crippen LogP contribution in [-0.4, -0.2) is 56.9 Å². The largest absolute Gasteiger partial charge is 0.389 e. The number of benzene rings is 1. The summed E-state index contributed by atoms with van der Waals surface area (Å²) in [5.74, 6) is -2.56. The van der Waals surface area contributed by atoms with E-state index in [1.54, 1.807) is 4.68 Å². The van der Waals surface area contributed by atoms with E-state index in [0.29, 0.717) is 19.4 Å². The maximum absolute atomic E-state index is 13.4. The molecule has 4 rings (SSSR count). The van der Waals surface area contributed by atoms with E-state index in [1.807, 2.05) is 36.5 Å². The number of nitrogens with zero attached hydrogens (tertiary/aromatic N) is 3. The Morgan fingerprint density at radius 1 is 1.22 bits per heavy atom. The molecule has 146 valence electrons. The van der Waals surface area contributed by atoms with E-state index in [2.05, 4.69) is 15.6 Å². The molecular formula is C19H24F2N4O2. The molecule has 2 heterocycles. The topological polar surface area (TPSA) is 72.2 Å². The number of aromatic nitrogens is 3. The predicted octanol–water partition coefficient (Wildman–Crippen LogP) is 2.24. The summed E-state index contributed by atoms with van der Waals surface area (Å²) in [6, 6.07) is 9.44. The van der Waals surface area contributed by atoms with Crippen LogP contribution in [0.25, 0.3) is 11.3 Å². The number of rotatable bonds is 5. The number of hydrogen-bond acceptors (Lipinski definition) is 5. The van der Waals surface area contributed by atoms with E-state index in [9.17, 15) is 13.9 Å². The standard InChI is InChI=1S/C19H24F2N4O2/c20-19(21)8-6-14(7-9-19)22-18-16(26)12-27-17(18)11-25-10-15(23-24-25)13-4-2-1-3-5-13/h1-5,10,14,16-18,22,26H,6-9,11-12H2/t16-,17+,18+/m0/s1. The Balaban J connectivity index is 1.39. The molecule has 0 bridgehead atoms. The Kier molecular flexibility index (Phi) is 5.21. The minimum Gasteiger partial charge on any atom is -0.389 e. The zero-order chi connectivity index (χ0) is 18.9. The summed E-state index contributed by atoms with van der Waals surface area (Å²) >= 11 is 0. The van der Waals surface area contributed by atoms with Gasteiger partial charge in [0.1, 0.15) is 5.69 Å². The van der Waals surface area contributed by atoms with Gasteiger partial charge >= 0.3 is 0 Å². The molecule has 1 saturated carbocycles. The molecule has 0 spiro atoms. The summed E-state index contributed by atoms with van der Waals surface area (Å²) in [5.41, 5.74) is 1.75. The highest BCUT2D eigenvalue weighted by atomic mass is 19.3. The molecular weight excluding hydrogens is 354 g/mol. The van der Waals surface area contributed by atoms with Crippen molar-refractivity contribution in [2.75, 3.05) is 6.61 Å². The highest BCUT2D eigenvalue weighted by molar-refractivity contribution is 5.57. The Morgan fingerprint density at radius 2 is 1.96 bits per heavy atom. The minimum atomic E-state index is -2.56. The summed E-state index contributed by atoms with van der Waals surface area (Å²) in [5, 5.41) is 22.0. The first kappa shape index (κ1) is 18.5. The molecule has 0 amide bonds. The predicted molar refractivity (Wildman–Crippen MR) is 95.3 cm³/mol. The molecule has 1 aromatic carbocycles. The van der Waals surface area contributed by atoms with Crippen LogP contribution in [0.2, 0.25) is 0 Å². The zero-order valence-electron chi connectivity index (χ0n) is 15.0. The molecule has 3 atom stereocenters. The van der Waals surface area contributed by atoms with Crippen LogP contribution < -0.4 is 5.32 Å². The summed E-state index contributed by atoms with van der Waals surface area (Å²) < 4.78 is 34.1. The first-order valence-corrected chi connectivity index (χ1v) is 9.39. The molecule has 1 saturated heterocycles. The third-order valence-corrected chi connectivity index (χ3v) is 5.42. The molecule has 2 fully saturated rings. The molecule has 0 unspecified atom stereocenters. The first-order chi connectivity index (χ1) is 13.0. The van der Waals surface area contributed by atoms with Crippen molar-refractivity contribution in [2.24, 2.45) is 0 Å². The second-order valence-electron chi connectivity index (χ2n) is 7.45. The highest BCUT2D eigenvalue weighted by Crippen LogP contribution is 2.33. The van der Waals surface area contributed by atoms with Gasteiger partial charge in [-0.25, -0.2) is 13.5 Å². The summed E-state index contributed by atoms with van der Waals surface area (Å²) in [6.45, 7) is 0.670. The molecule has 0 radical (unpaired) electrons. The van der Waals surface area contributed by atoms with Crippen LogP contribution in [0.1, 0.15) is 25.7 Å². The van der Waals surface area contributed by atoms with Crippen LogP contribution in [0.15, 0.2) is 36.5 Å². The van der Waals surface area contributed by atoms with Crippen molar-refractivity contribution >= 4 is 0 Å². The molecule has 27 heavy (non-hydrogen) atoms. The molecule has 8 heteroatoms. The van der Waals surface area contributed by atoms with Gasteiger partial charge in [0, 0.05) is 24.4 Å². The number of alkyl halides is 2. The quantitative estimate of drug-likeness (QED) is 0.835. The Bertz CT molecular complexity index is 745. The third-order valence-electron chi connectivity index (χ3n) is 5.42. The molecule has 2 N–H and O–H groups in total. The van der Waals surface area contributed by atoms with E-state index in [4.69, 9.17) is 4.74 Å². The molecule has 2 aromatic rings. The normalized spacial score (nSPS) is 28.5. The van der Waals surface area contributed by atoms with Gasteiger partial charge in [0.25, 0.3) is 0 Å². The van der Waals surface area contributed by atoms with Gasteiger partial charge in [-0.3, -0.25) is 0 Å². The van der Waals surface area contributed by atoms with Crippen molar-refractivity contribution in [3.8, 4) is 11.3 Å². The molecule has 2 aliphatic rings. The number of hydrogen-bond donors (Lipinski definition) is 2. The summed E-state index contributed by atoms with van der Waals surface area (Å²) in [6.07, 6.45) is 1.50. The second-order valence-corrected chi connectivity index (χ2v) is 7.45. The van der Waals surface area contributed by atoms with Crippen LogP contribution in [0.3, 0.4) is 0 Å². The van der Waals surface area contributed by atoms with E-state index < -0.39 is 12.0 Å². The van der Waals surface area contributed by atoms with Crippen molar-refractivity contribution in [1.29, 1.82) is 0 Å². The summed E-state index contributed by atoms with van der Waals surface area (Å²) in [4.78, 5) is 0. The number of ether oxygens (including phenoxy) is 1. The van der Waals surface area contributed by atoms with Gasteiger partial charge in [-0.2, -0.15) is 0 Å². The van der Waals surface area contributed by atoms with Crippen LogP contribution in [-0.2, 0) is 11.3 Å². The van der Waals surface area contributed by atoms with Gasteiger partial charge in [-0.15, -0.1) is 5.10 Å². The van der Waals surface area contributed by atoms with E-state index in [1.165, 1.54) is 0 Å². The van der Waals surface area contributed by atoms with Gasteiger partial charge in [-0.05, 0) is 12.8 Å². The average Bonchev–Trinajstić information content (AvgIpc) is 3.26. The maximum Gasteiger partial charge on any atom is 0.248 e. The summed E-state index contributed by atoms with van der Waals surface area (Å²) in [7, 11) is 0.